The Labute approximate surface area is 112 Å². The van der Waals surface area contributed by atoms with Crippen LogP contribution >= 0.6 is 0 Å². The standard InChI is InChI=1S/C15H19N3O/c1-11-3-2-4-13-12(9-14(19)17-15(11)13)10-18-7-5-16-6-8-18/h2-4,9,16H,5-8,10H2,1H3,(H,17,19). The number of rotatable bonds is 2. The van der Waals surface area contributed by atoms with Crippen LogP contribution in [0.15, 0.2) is 29.1 Å². The molecule has 19 heavy (non-hydrogen) atoms. The fourth-order valence-corrected chi connectivity index (χ4v) is 2.74. The Bertz CT molecular complexity index is 641. The monoisotopic (exact) mass is 257 g/mol. The van der Waals surface area contributed by atoms with Gasteiger partial charge in [0.25, 0.3) is 0 Å². The summed E-state index contributed by atoms with van der Waals surface area (Å²) in [6.45, 7) is 7.03. The maximum Gasteiger partial charge on any atom is 0.248 e. The minimum atomic E-state index is -0.00747. The number of nitrogens with zero attached hydrogens (tertiary/aromatic N) is 1. The molecule has 1 aliphatic rings. The summed E-state index contributed by atoms with van der Waals surface area (Å²) >= 11 is 0. The summed E-state index contributed by atoms with van der Waals surface area (Å²) < 4.78 is 0. The molecule has 1 aromatic heterocycles. The normalized spacial score (nSPS) is 16.9. The molecule has 0 atom stereocenters. The molecule has 2 N–H and O–H groups in total. The number of aryl methyl sites for hydroxylation is 1. The van der Waals surface area contributed by atoms with Crippen molar-refractivity contribution in [2.75, 3.05) is 26.2 Å². The van der Waals surface area contributed by atoms with E-state index in [4.69, 9.17) is 0 Å². The summed E-state index contributed by atoms with van der Waals surface area (Å²) in [5, 5.41) is 4.51. The van der Waals surface area contributed by atoms with Crippen molar-refractivity contribution in [2.45, 2.75) is 13.5 Å². The fraction of sp³-hybridized carbons (Fsp3) is 0.400. The van der Waals surface area contributed by atoms with Gasteiger partial charge >= 0.3 is 0 Å². The SMILES string of the molecule is Cc1cccc2c(CN3CCNCC3)cc(=O)[nH]c12. The van der Waals surface area contributed by atoms with Gasteiger partial charge in [0.2, 0.25) is 5.56 Å². The number of H-pyrrole nitrogens is 1. The molecule has 0 saturated carbocycles. The highest BCUT2D eigenvalue weighted by Crippen LogP contribution is 2.19. The molecule has 2 heterocycles. The Morgan fingerprint density at radius 3 is 2.84 bits per heavy atom. The van der Waals surface area contributed by atoms with Crippen LogP contribution in [0.3, 0.4) is 0 Å². The molecule has 0 amide bonds. The second-order valence-electron chi connectivity index (χ2n) is 5.18. The van der Waals surface area contributed by atoms with Crippen LogP contribution in [0.4, 0.5) is 0 Å². The third kappa shape index (κ3) is 2.55. The highest BCUT2D eigenvalue weighted by Gasteiger charge is 2.12. The smallest absolute Gasteiger partial charge is 0.248 e. The lowest BCUT2D eigenvalue weighted by Crippen LogP contribution is -2.43. The highest BCUT2D eigenvalue weighted by atomic mass is 16.1. The van der Waals surface area contributed by atoms with E-state index in [1.807, 2.05) is 13.0 Å². The molecule has 1 saturated heterocycles. The van der Waals surface area contributed by atoms with Gasteiger partial charge in [0.05, 0.1) is 5.52 Å². The number of benzene rings is 1. The predicted molar refractivity (Wildman–Crippen MR) is 77.5 cm³/mol. The molecular formula is C15H19N3O. The molecule has 0 unspecified atom stereocenters. The molecule has 0 radical (unpaired) electrons. The minimum absolute atomic E-state index is 0.00747. The van der Waals surface area contributed by atoms with Gasteiger partial charge in [0, 0.05) is 44.2 Å². The van der Waals surface area contributed by atoms with Crippen LogP contribution in [-0.2, 0) is 6.54 Å². The molecule has 0 bridgehead atoms. The molecule has 1 aromatic carbocycles. The van der Waals surface area contributed by atoms with Gasteiger partial charge in [-0.1, -0.05) is 18.2 Å². The van der Waals surface area contributed by atoms with Crippen molar-refractivity contribution in [3.63, 3.8) is 0 Å². The van der Waals surface area contributed by atoms with Crippen molar-refractivity contribution in [2.24, 2.45) is 0 Å². The van der Waals surface area contributed by atoms with Crippen LogP contribution in [0.2, 0.25) is 0 Å². The number of piperazine rings is 1. The van der Waals surface area contributed by atoms with Crippen molar-refractivity contribution >= 4 is 10.9 Å². The maximum atomic E-state index is 11.8. The van der Waals surface area contributed by atoms with Crippen molar-refractivity contribution in [1.29, 1.82) is 0 Å². The minimum Gasteiger partial charge on any atom is -0.322 e. The first kappa shape index (κ1) is 12.4. The van der Waals surface area contributed by atoms with E-state index in [0.29, 0.717) is 0 Å². The molecule has 1 fully saturated rings. The number of para-hydroxylation sites is 1. The molecule has 4 heteroatoms. The summed E-state index contributed by atoms with van der Waals surface area (Å²) in [6, 6.07) is 7.92. The van der Waals surface area contributed by atoms with E-state index in [0.717, 1.165) is 54.8 Å². The summed E-state index contributed by atoms with van der Waals surface area (Å²) in [7, 11) is 0. The Morgan fingerprint density at radius 2 is 2.05 bits per heavy atom. The molecule has 3 rings (SSSR count). The van der Waals surface area contributed by atoms with Crippen LogP contribution in [0.1, 0.15) is 11.1 Å². The lowest BCUT2D eigenvalue weighted by molar-refractivity contribution is 0.234. The van der Waals surface area contributed by atoms with Crippen molar-refractivity contribution < 1.29 is 0 Å². The van der Waals surface area contributed by atoms with Gasteiger partial charge in [-0.2, -0.15) is 0 Å². The van der Waals surface area contributed by atoms with Crippen LogP contribution < -0.4 is 10.9 Å². The lowest BCUT2D eigenvalue weighted by Gasteiger charge is -2.27. The first-order chi connectivity index (χ1) is 9.24. The first-order valence-corrected chi connectivity index (χ1v) is 6.78. The molecule has 100 valence electrons. The average Bonchev–Trinajstić information content (AvgIpc) is 2.41. The summed E-state index contributed by atoms with van der Waals surface area (Å²) in [5.41, 5.74) is 3.22. The van der Waals surface area contributed by atoms with Gasteiger partial charge < -0.3 is 10.3 Å². The first-order valence-electron chi connectivity index (χ1n) is 6.78. The summed E-state index contributed by atoms with van der Waals surface area (Å²) in [5.74, 6) is 0. The maximum absolute atomic E-state index is 11.8. The van der Waals surface area contributed by atoms with Gasteiger partial charge in [-0.3, -0.25) is 9.69 Å². The van der Waals surface area contributed by atoms with E-state index >= 15 is 0 Å². The Kier molecular flexibility index (Phi) is 3.36. The van der Waals surface area contributed by atoms with E-state index in [-0.39, 0.29) is 5.56 Å². The lowest BCUT2D eigenvalue weighted by atomic mass is 10.1. The number of nitrogens with one attached hydrogen (secondary N) is 2. The molecule has 0 aliphatic carbocycles. The number of aromatic amines is 1. The zero-order valence-electron chi connectivity index (χ0n) is 11.2. The van der Waals surface area contributed by atoms with Gasteiger partial charge in [0.15, 0.2) is 0 Å². The largest absolute Gasteiger partial charge is 0.322 e. The number of pyridine rings is 1. The number of hydrogen-bond donors (Lipinski definition) is 2. The predicted octanol–water partition coefficient (Wildman–Crippen LogP) is 1.24. The third-order valence-corrected chi connectivity index (χ3v) is 3.78. The average molecular weight is 257 g/mol. The van der Waals surface area contributed by atoms with Crippen LogP contribution in [-0.4, -0.2) is 36.1 Å². The Balaban J connectivity index is 2.02. The zero-order valence-corrected chi connectivity index (χ0v) is 11.2. The van der Waals surface area contributed by atoms with E-state index in [9.17, 15) is 4.79 Å². The Morgan fingerprint density at radius 1 is 1.26 bits per heavy atom. The van der Waals surface area contributed by atoms with Crippen molar-refractivity contribution in [3.05, 3.63) is 45.7 Å². The second-order valence-corrected chi connectivity index (χ2v) is 5.18. The number of fused-ring (bicyclic) bond motifs is 1. The van der Waals surface area contributed by atoms with Crippen molar-refractivity contribution in [3.8, 4) is 0 Å². The van der Waals surface area contributed by atoms with Gasteiger partial charge in [-0.15, -0.1) is 0 Å². The quantitative estimate of drug-likeness (QED) is 0.851. The number of hydrogen-bond acceptors (Lipinski definition) is 3. The van der Waals surface area contributed by atoms with Gasteiger partial charge in [-0.05, 0) is 18.1 Å². The highest BCUT2D eigenvalue weighted by molar-refractivity contribution is 5.84. The summed E-state index contributed by atoms with van der Waals surface area (Å²) in [6.07, 6.45) is 0. The van der Waals surface area contributed by atoms with Gasteiger partial charge in [0.1, 0.15) is 0 Å². The van der Waals surface area contributed by atoms with E-state index in [2.05, 4.69) is 27.3 Å². The molecule has 1 aliphatic heterocycles. The fourth-order valence-electron chi connectivity index (χ4n) is 2.74. The van der Waals surface area contributed by atoms with Crippen molar-refractivity contribution in [1.82, 2.24) is 15.2 Å². The third-order valence-electron chi connectivity index (χ3n) is 3.78. The molecule has 2 aromatic rings. The van der Waals surface area contributed by atoms with Crippen LogP contribution in [0.5, 0.6) is 0 Å². The number of aromatic nitrogens is 1. The molecular weight excluding hydrogens is 238 g/mol. The Hall–Kier alpha value is -1.65. The second kappa shape index (κ2) is 5.15. The van der Waals surface area contributed by atoms with Crippen LogP contribution in [0, 0.1) is 6.92 Å². The molecule has 4 nitrogen and oxygen atoms in total. The summed E-state index contributed by atoms with van der Waals surface area (Å²) in [4.78, 5) is 17.2. The van der Waals surface area contributed by atoms with Gasteiger partial charge in [-0.25, -0.2) is 0 Å². The van der Waals surface area contributed by atoms with Crippen LogP contribution in [0.25, 0.3) is 10.9 Å². The molecule has 0 spiro atoms. The van der Waals surface area contributed by atoms with E-state index in [1.54, 1.807) is 6.07 Å². The topological polar surface area (TPSA) is 48.1 Å². The zero-order chi connectivity index (χ0) is 13.2. The van der Waals surface area contributed by atoms with E-state index in [1.165, 1.54) is 0 Å². The van der Waals surface area contributed by atoms with E-state index < -0.39 is 0 Å².